The van der Waals surface area contributed by atoms with E-state index in [-0.39, 0.29) is 5.69 Å². The van der Waals surface area contributed by atoms with Crippen molar-refractivity contribution in [2.24, 2.45) is 0 Å². The Balaban J connectivity index is 1.64. The number of carbonyl (C=O) groups is 1. The Morgan fingerprint density at radius 3 is 2.29 bits per heavy atom. The topological polar surface area (TPSA) is 60.2 Å². The van der Waals surface area contributed by atoms with Crippen LogP contribution in [0, 0.1) is 6.92 Å². The predicted octanol–water partition coefficient (Wildman–Crippen LogP) is 9.08. The molecule has 0 saturated carbocycles. The highest BCUT2D eigenvalue weighted by Gasteiger charge is 2.54. The van der Waals surface area contributed by atoms with Crippen molar-refractivity contribution >= 4 is 22.6 Å². The zero-order valence-corrected chi connectivity index (χ0v) is 27.1. The predicted molar refractivity (Wildman–Crippen MR) is 183 cm³/mol. The van der Waals surface area contributed by atoms with Gasteiger partial charge in [0.1, 0.15) is 5.69 Å². The average Bonchev–Trinajstić information content (AvgIpc) is 3.56. The summed E-state index contributed by atoms with van der Waals surface area (Å²) in [6.45, 7) is 11.4. The van der Waals surface area contributed by atoms with E-state index in [2.05, 4.69) is 109 Å². The largest absolute Gasteiger partial charge is 0.438 e. The number of unbranched alkanes of at least 4 members (excludes halogenated alkanes) is 5. The second-order valence-corrected chi connectivity index (χ2v) is 12.0. The first-order valence-electron chi connectivity index (χ1n) is 16.6. The molecule has 0 spiro atoms. The zero-order valence-electron chi connectivity index (χ0n) is 27.1. The molecule has 6 rings (SSSR count). The molecular weight excluding hydrogens is 556 g/mol. The van der Waals surface area contributed by atoms with Crippen molar-refractivity contribution in [2.75, 3.05) is 18.0 Å². The number of carbonyl (C=O) groups excluding carboxylic acids is 1. The quantitative estimate of drug-likeness (QED) is 0.0997. The van der Waals surface area contributed by atoms with E-state index in [0.717, 1.165) is 70.6 Å². The summed E-state index contributed by atoms with van der Waals surface area (Å²) < 4.78 is 9.14. The molecule has 1 unspecified atom stereocenters. The molecule has 0 fully saturated rings. The molecular formula is C39H44N4O2. The summed E-state index contributed by atoms with van der Waals surface area (Å²) in [4.78, 5) is 25.5. The van der Waals surface area contributed by atoms with Crippen molar-refractivity contribution in [3.05, 3.63) is 113 Å². The van der Waals surface area contributed by atoms with Crippen LogP contribution in [0.3, 0.4) is 0 Å². The Kier molecular flexibility index (Phi) is 9.02. The molecule has 2 aromatic heterocycles. The van der Waals surface area contributed by atoms with Gasteiger partial charge in [0.15, 0.2) is 5.69 Å². The molecule has 0 saturated heterocycles. The van der Waals surface area contributed by atoms with Gasteiger partial charge in [-0.05, 0) is 56.5 Å². The fourth-order valence-electron chi connectivity index (χ4n) is 7.13. The molecule has 45 heavy (non-hydrogen) atoms. The zero-order chi connectivity index (χ0) is 31.4. The number of cyclic esters (lactones) is 1. The van der Waals surface area contributed by atoms with Gasteiger partial charge in [-0.15, -0.1) is 0 Å². The van der Waals surface area contributed by atoms with Gasteiger partial charge in [0.05, 0.1) is 5.69 Å². The number of hydrogen-bond donors (Lipinski definition) is 0. The third kappa shape index (κ3) is 5.41. The van der Waals surface area contributed by atoms with Crippen LogP contribution in [0.2, 0.25) is 0 Å². The number of nitrogens with zero attached hydrogens (tertiary/aromatic N) is 4. The van der Waals surface area contributed by atoms with Crippen LogP contribution in [0.15, 0.2) is 85.2 Å². The van der Waals surface area contributed by atoms with Crippen LogP contribution in [-0.4, -0.2) is 33.6 Å². The summed E-state index contributed by atoms with van der Waals surface area (Å²) in [6.07, 6.45) is 10.5. The van der Waals surface area contributed by atoms with Gasteiger partial charge in [0.25, 0.3) is 0 Å². The third-order valence-electron chi connectivity index (χ3n) is 9.29. The molecule has 3 heterocycles. The Bertz CT molecular complexity index is 1790. The summed E-state index contributed by atoms with van der Waals surface area (Å²) in [7, 11) is 0. The number of aromatic nitrogens is 3. The lowest BCUT2D eigenvalue weighted by molar-refractivity contribution is 0.0245. The lowest BCUT2D eigenvalue weighted by atomic mass is 9.78. The van der Waals surface area contributed by atoms with Crippen LogP contribution in [0.1, 0.15) is 92.2 Å². The van der Waals surface area contributed by atoms with Crippen molar-refractivity contribution in [3.8, 4) is 11.3 Å². The number of para-hydroxylation sites is 1. The van der Waals surface area contributed by atoms with E-state index >= 15 is 0 Å². The first-order chi connectivity index (χ1) is 22.0. The highest BCUT2D eigenvalue weighted by molar-refractivity contribution is 5.99. The minimum Gasteiger partial charge on any atom is -0.438 e. The van der Waals surface area contributed by atoms with Gasteiger partial charge < -0.3 is 14.2 Å². The Hall–Kier alpha value is -4.45. The van der Waals surface area contributed by atoms with Crippen LogP contribution >= 0.6 is 0 Å². The Morgan fingerprint density at radius 1 is 0.822 bits per heavy atom. The van der Waals surface area contributed by atoms with Crippen LogP contribution in [-0.2, 0) is 16.9 Å². The smallest absolute Gasteiger partial charge is 0.360 e. The number of anilines is 1. The normalized spacial score (nSPS) is 15.8. The van der Waals surface area contributed by atoms with Gasteiger partial charge in [-0.25, -0.2) is 9.78 Å². The first-order valence-corrected chi connectivity index (χ1v) is 16.6. The number of fused-ring (bicyclic) bond motifs is 2. The molecule has 6 nitrogen and oxygen atoms in total. The van der Waals surface area contributed by atoms with Crippen molar-refractivity contribution in [3.63, 3.8) is 0 Å². The van der Waals surface area contributed by atoms with E-state index in [0.29, 0.717) is 5.69 Å². The summed E-state index contributed by atoms with van der Waals surface area (Å²) >= 11 is 0. The van der Waals surface area contributed by atoms with Gasteiger partial charge >= 0.3 is 5.97 Å². The second-order valence-electron chi connectivity index (χ2n) is 12.0. The molecule has 6 heteroatoms. The highest BCUT2D eigenvalue weighted by atomic mass is 16.6. The van der Waals surface area contributed by atoms with Crippen molar-refractivity contribution in [2.45, 2.75) is 78.4 Å². The Morgan fingerprint density at radius 2 is 1.53 bits per heavy atom. The molecule has 1 atom stereocenters. The fourth-order valence-corrected chi connectivity index (χ4v) is 7.13. The maximum absolute atomic E-state index is 13.8. The van der Waals surface area contributed by atoms with Crippen molar-refractivity contribution in [1.82, 2.24) is 14.5 Å². The summed E-state index contributed by atoms with van der Waals surface area (Å²) in [5.74, 6) is -0.447. The number of benzene rings is 3. The van der Waals surface area contributed by atoms with Gasteiger partial charge in [-0.1, -0.05) is 93.6 Å². The van der Waals surface area contributed by atoms with Crippen LogP contribution in [0.25, 0.3) is 22.2 Å². The van der Waals surface area contributed by atoms with Crippen molar-refractivity contribution in [1.29, 1.82) is 0 Å². The number of esters is 1. The minimum atomic E-state index is -1.27. The van der Waals surface area contributed by atoms with Gasteiger partial charge in [-0.3, -0.25) is 4.98 Å². The maximum atomic E-state index is 13.8. The molecule has 0 bridgehead atoms. The van der Waals surface area contributed by atoms with Gasteiger partial charge in [-0.2, -0.15) is 0 Å². The van der Waals surface area contributed by atoms with Crippen molar-refractivity contribution < 1.29 is 9.53 Å². The highest BCUT2D eigenvalue weighted by Crippen LogP contribution is 2.53. The second kappa shape index (κ2) is 13.3. The fraction of sp³-hybridized carbons (Fsp3) is 0.359. The van der Waals surface area contributed by atoms with E-state index in [1.165, 1.54) is 32.1 Å². The van der Waals surface area contributed by atoms with E-state index in [1.54, 1.807) is 12.4 Å². The number of ether oxygens (including phenoxy) is 1. The van der Waals surface area contributed by atoms with E-state index in [4.69, 9.17) is 9.72 Å². The van der Waals surface area contributed by atoms with Gasteiger partial charge in [0.2, 0.25) is 5.60 Å². The molecule has 5 aromatic rings. The van der Waals surface area contributed by atoms with E-state index < -0.39 is 11.6 Å². The molecule has 0 aliphatic carbocycles. The molecule has 1 aliphatic rings. The molecule has 3 aromatic carbocycles. The molecule has 0 radical (unpaired) electrons. The van der Waals surface area contributed by atoms with Crippen LogP contribution < -0.4 is 4.90 Å². The molecule has 0 amide bonds. The molecule has 0 N–H and O–H groups in total. The maximum Gasteiger partial charge on any atom is 0.360 e. The van der Waals surface area contributed by atoms with E-state index in [1.807, 2.05) is 6.07 Å². The monoisotopic (exact) mass is 600 g/mol. The standard InChI is InChI=1S/C39H44N4O2/c1-5-8-9-10-11-17-26-43-33-21-16-15-20-31(33)34(36(43)29-18-13-12-14-19-29)39(37-35(38(44)45-39)40-24-25-41-37)32-23-22-30(27-28(32)4)42(6-2)7-3/h12-16,18-25,27H,5-11,17,26H2,1-4H3. The number of aryl methyl sites for hydroxylation is 2. The number of rotatable bonds is 13. The summed E-state index contributed by atoms with van der Waals surface area (Å²) in [5, 5.41) is 1.06. The van der Waals surface area contributed by atoms with Crippen LogP contribution in [0.4, 0.5) is 5.69 Å². The van der Waals surface area contributed by atoms with Gasteiger partial charge in [0, 0.05) is 59.7 Å². The molecule has 232 valence electrons. The lowest BCUT2D eigenvalue weighted by Gasteiger charge is -2.32. The first kappa shape index (κ1) is 30.6. The Labute approximate surface area is 267 Å². The third-order valence-corrected chi connectivity index (χ3v) is 9.29. The lowest BCUT2D eigenvalue weighted by Crippen LogP contribution is -2.32. The number of hydrogen-bond acceptors (Lipinski definition) is 5. The SMILES string of the molecule is CCCCCCCCn1c(-c2ccccc2)c(C2(c3ccc(N(CC)CC)cc3C)OC(=O)c3nccnc32)c2ccccc21. The summed E-state index contributed by atoms with van der Waals surface area (Å²) in [6, 6.07) is 25.6. The minimum absolute atomic E-state index is 0.275. The summed E-state index contributed by atoms with van der Waals surface area (Å²) in [5.41, 5.74) is 6.86. The van der Waals surface area contributed by atoms with E-state index in [9.17, 15) is 4.79 Å². The van der Waals surface area contributed by atoms with Crippen LogP contribution in [0.5, 0.6) is 0 Å². The average molecular weight is 601 g/mol. The molecule has 1 aliphatic heterocycles.